The van der Waals surface area contributed by atoms with Crippen LogP contribution in [0.5, 0.6) is 0 Å². The first-order chi connectivity index (χ1) is 8.06. The molecule has 1 aliphatic heterocycles. The summed E-state index contributed by atoms with van der Waals surface area (Å²) < 4.78 is 30.7. The summed E-state index contributed by atoms with van der Waals surface area (Å²) in [5, 5.41) is 4.80. The molecule has 1 rings (SSSR count). The molecule has 1 heterocycles. The molecular formula is C11H23NO4S. The third-order valence-corrected chi connectivity index (χ3v) is 2.94. The van der Waals surface area contributed by atoms with Crippen molar-refractivity contribution in [3.8, 4) is 0 Å². The highest BCUT2D eigenvalue weighted by atomic mass is 32.2. The van der Waals surface area contributed by atoms with E-state index in [1.54, 1.807) is 0 Å². The molecule has 0 bridgehead atoms. The Labute approximate surface area is 104 Å². The van der Waals surface area contributed by atoms with Crippen LogP contribution in [0.3, 0.4) is 0 Å². The van der Waals surface area contributed by atoms with Gasteiger partial charge in [-0.05, 0) is 19.3 Å². The second kappa shape index (κ2) is 10.7. The van der Waals surface area contributed by atoms with E-state index in [9.17, 15) is 8.42 Å². The average molecular weight is 265 g/mol. The first-order valence-corrected chi connectivity index (χ1v) is 7.54. The van der Waals surface area contributed by atoms with Gasteiger partial charge in [-0.15, -0.1) is 6.58 Å². The zero-order chi connectivity index (χ0) is 13.0. The first kappa shape index (κ1) is 16.6. The van der Waals surface area contributed by atoms with Gasteiger partial charge in [-0.25, -0.2) is 13.6 Å². The fourth-order valence-corrected chi connectivity index (χ4v) is 1.82. The molecule has 0 unspecified atom stereocenters. The van der Waals surface area contributed by atoms with Gasteiger partial charge in [0.15, 0.2) is 0 Å². The van der Waals surface area contributed by atoms with Gasteiger partial charge in [-0.3, -0.25) is 0 Å². The molecule has 0 spiro atoms. The van der Waals surface area contributed by atoms with Crippen LogP contribution in [-0.2, 0) is 19.5 Å². The molecule has 0 aliphatic carbocycles. The molecule has 2 N–H and O–H groups in total. The van der Waals surface area contributed by atoms with E-state index in [2.05, 4.69) is 6.58 Å². The summed E-state index contributed by atoms with van der Waals surface area (Å²) in [6.07, 6.45) is 5.34. The molecular weight excluding hydrogens is 242 g/mol. The van der Waals surface area contributed by atoms with Crippen LogP contribution in [0.1, 0.15) is 25.7 Å². The highest BCUT2D eigenvalue weighted by Crippen LogP contribution is 2.00. The Bertz CT molecular complexity index is 262. The smallest absolute Gasteiger partial charge is 0.209 e. The largest absolute Gasteiger partial charge is 0.377 e. The highest BCUT2D eigenvalue weighted by Gasteiger charge is 2.00. The monoisotopic (exact) mass is 265 g/mol. The van der Waals surface area contributed by atoms with E-state index in [0.29, 0.717) is 6.42 Å². The molecule has 1 fully saturated rings. The number of allylic oxidation sites excluding steroid dienone is 1. The van der Waals surface area contributed by atoms with Crippen LogP contribution in [0.15, 0.2) is 12.7 Å². The number of rotatable bonds is 6. The Morgan fingerprint density at radius 1 is 1.06 bits per heavy atom. The molecule has 1 aliphatic rings. The Hall–Kier alpha value is -0.430. The normalized spacial score (nSPS) is 15.8. The maximum Gasteiger partial charge on any atom is 0.209 e. The summed E-state index contributed by atoms with van der Waals surface area (Å²) in [6.45, 7) is 6.68. The van der Waals surface area contributed by atoms with Gasteiger partial charge in [0, 0.05) is 0 Å². The van der Waals surface area contributed by atoms with Crippen LogP contribution in [0.4, 0.5) is 0 Å². The van der Waals surface area contributed by atoms with Crippen LogP contribution < -0.4 is 5.14 Å². The van der Waals surface area contributed by atoms with Gasteiger partial charge in [0.25, 0.3) is 0 Å². The Morgan fingerprint density at radius 2 is 1.59 bits per heavy atom. The molecule has 6 heteroatoms. The van der Waals surface area contributed by atoms with Gasteiger partial charge < -0.3 is 9.47 Å². The van der Waals surface area contributed by atoms with Crippen LogP contribution >= 0.6 is 0 Å². The molecule has 0 radical (unpaired) electrons. The van der Waals surface area contributed by atoms with E-state index in [1.165, 1.54) is 0 Å². The second-order valence-corrected chi connectivity index (χ2v) is 5.46. The Morgan fingerprint density at radius 3 is 1.94 bits per heavy atom. The summed E-state index contributed by atoms with van der Waals surface area (Å²) in [7, 11) is -3.24. The lowest BCUT2D eigenvalue weighted by Gasteiger charge is -2.09. The molecule has 0 saturated carbocycles. The number of nitrogens with two attached hydrogens (primary N) is 1. The third kappa shape index (κ3) is 15.6. The van der Waals surface area contributed by atoms with Crippen molar-refractivity contribution in [2.75, 3.05) is 32.2 Å². The maximum atomic E-state index is 10.4. The lowest BCUT2D eigenvalue weighted by Crippen LogP contribution is -2.16. The van der Waals surface area contributed by atoms with E-state index in [1.807, 2.05) is 6.08 Å². The van der Waals surface area contributed by atoms with Gasteiger partial charge in [-0.1, -0.05) is 12.5 Å². The third-order valence-electron chi connectivity index (χ3n) is 2.08. The minimum absolute atomic E-state index is 0.101. The topological polar surface area (TPSA) is 78.6 Å². The molecule has 0 aromatic heterocycles. The summed E-state index contributed by atoms with van der Waals surface area (Å²) in [6, 6.07) is 0. The fourth-order valence-electron chi connectivity index (χ4n) is 1.21. The van der Waals surface area contributed by atoms with E-state index < -0.39 is 10.0 Å². The molecule has 0 atom stereocenters. The van der Waals surface area contributed by atoms with Crippen LogP contribution in [-0.4, -0.2) is 40.6 Å². The van der Waals surface area contributed by atoms with Crippen molar-refractivity contribution in [2.24, 2.45) is 5.14 Å². The molecule has 0 aromatic rings. The number of sulfonamides is 1. The highest BCUT2D eigenvalue weighted by molar-refractivity contribution is 7.89. The maximum absolute atomic E-state index is 10.4. The minimum Gasteiger partial charge on any atom is -0.377 e. The standard InChI is InChI=1S/C7H15NO2S.C4H8O2/c1-2-3-4-5-6-7-11(8,9)10;1-2-6-4-3-5-1/h2H,1,3-7H2,(H2,8,9,10);1-4H2. The summed E-state index contributed by atoms with van der Waals surface area (Å²) in [5.74, 6) is 0.101. The molecule has 5 nitrogen and oxygen atoms in total. The fraction of sp³-hybridized carbons (Fsp3) is 0.818. The second-order valence-electron chi connectivity index (χ2n) is 3.73. The number of hydrogen-bond donors (Lipinski definition) is 1. The Kier molecular flexibility index (Phi) is 10.4. The van der Waals surface area contributed by atoms with Crippen molar-refractivity contribution < 1.29 is 17.9 Å². The van der Waals surface area contributed by atoms with Crippen molar-refractivity contribution in [1.82, 2.24) is 0 Å². The molecule has 102 valence electrons. The van der Waals surface area contributed by atoms with E-state index in [0.717, 1.165) is 45.7 Å². The van der Waals surface area contributed by atoms with Crippen molar-refractivity contribution in [1.29, 1.82) is 0 Å². The van der Waals surface area contributed by atoms with Gasteiger partial charge >= 0.3 is 0 Å². The Balaban J connectivity index is 0.000000354. The summed E-state index contributed by atoms with van der Waals surface area (Å²) in [5.41, 5.74) is 0. The van der Waals surface area contributed by atoms with Crippen LogP contribution in [0.25, 0.3) is 0 Å². The quantitative estimate of drug-likeness (QED) is 0.575. The number of unbranched alkanes of at least 4 members (excludes halogenated alkanes) is 3. The van der Waals surface area contributed by atoms with E-state index in [4.69, 9.17) is 14.6 Å². The zero-order valence-electron chi connectivity index (χ0n) is 10.3. The average Bonchev–Trinajstić information content (AvgIpc) is 2.30. The van der Waals surface area contributed by atoms with E-state index >= 15 is 0 Å². The van der Waals surface area contributed by atoms with Crippen LogP contribution in [0, 0.1) is 0 Å². The van der Waals surface area contributed by atoms with Crippen molar-refractivity contribution in [3.05, 3.63) is 12.7 Å². The summed E-state index contributed by atoms with van der Waals surface area (Å²) in [4.78, 5) is 0. The van der Waals surface area contributed by atoms with Crippen molar-refractivity contribution >= 4 is 10.0 Å². The number of hydrogen-bond acceptors (Lipinski definition) is 4. The zero-order valence-corrected chi connectivity index (χ0v) is 11.1. The number of ether oxygens (including phenoxy) is 2. The van der Waals surface area contributed by atoms with Gasteiger partial charge in [0.1, 0.15) is 0 Å². The van der Waals surface area contributed by atoms with Gasteiger partial charge in [0.2, 0.25) is 10.0 Å². The molecule has 0 amide bonds. The van der Waals surface area contributed by atoms with Crippen molar-refractivity contribution in [2.45, 2.75) is 25.7 Å². The minimum atomic E-state index is -3.24. The predicted octanol–water partition coefficient (Wildman–Crippen LogP) is 1.05. The lowest BCUT2D eigenvalue weighted by molar-refractivity contribution is -0.0334. The first-order valence-electron chi connectivity index (χ1n) is 5.83. The molecule has 0 aromatic carbocycles. The van der Waals surface area contributed by atoms with Gasteiger partial charge in [0.05, 0.1) is 32.2 Å². The predicted molar refractivity (Wildman–Crippen MR) is 68.3 cm³/mol. The molecule has 1 saturated heterocycles. The summed E-state index contributed by atoms with van der Waals surface area (Å²) >= 11 is 0. The van der Waals surface area contributed by atoms with E-state index in [-0.39, 0.29) is 5.75 Å². The van der Waals surface area contributed by atoms with Crippen molar-refractivity contribution in [3.63, 3.8) is 0 Å². The van der Waals surface area contributed by atoms with Crippen LogP contribution in [0.2, 0.25) is 0 Å². The van der Waals surface area contributed by atoms with Gasteiger partial charge in [-0.2, -0.15) is 0 Å². The lowest BCUT2D eigenvalue weighted by atomic mass is 10.2. The number of primary sulfonamides is 1. The SMILES string of the molecule is C1COCCO1.C=CCCCCCS(N)(=O)=O. The molecule has 17 heavy (non-hydrogen) atoms.